The number of aryl methyl sites for hydroxylation is 1. The molecule has 1 aromatic carbocycles. The first kappa shape index (κ1) is 12.0. The van der Waals surface area contributed by atoms with Crippen molar-refractivity contribution in [1.82, 2.24) is 10.2 Å². The topological polar surface area (TPSA) is 55.0 Å². The molecular weight excluding hydrogens is 232 g/mol. The van der Waals surface area contributed by atoms with Gasteiger partial charge in [0.1, 0.15) is 5.01 Å². The quantitative estimate of drug-likeness (QED) is 0.882. The number of aromatic nitrogens is 2. The number of nitrogens with zero attached hydrogens (tertiary/aromatic N) is 3. The van der Waals surface area contributed by atoms with Crippen molar-refractivity contribution in [3.63, 3.8) is 0 Å². The van der Waals surface area contributed by atoms with E-state index in [2.05, 4.69) is 27.2 Å². The number of benzene rings is 1. The van der Waals surface area contributed by atoms with E-state index in [-0.39, 0.29) is 0 Å². The van der Waals surface area contributed by atoms with Gasteiger partial charge in [-0.2, -0.15) is 0 Å². The van der Waals surface area contributed by atoms with Crippen LogP contribution in [-0.4, -0.2) is 23.3 Å². The molecule has 0 amide bonds. The summed E-state index contributed by atoms with van der Waals surface area (Å²) < 4.78 is 0. The van der Waals surface area contributed by atoms with E-state index in [1.165, 1.54) is 0 Å². The zero-order chi connectivity index (χ0) is 12.1. The smallest absolute Gasteiger partial charge is 0.212 e. The Balaban J connectivity index is 2.25. The van der Waals surface area contributed by atoms with E-state index >= 15 is 0 Å². The summed E-state index contributed by atoms with van der Waals surface area (Å²) in [6, 6.07) is 10.2. The van der Waals surface area contributed by atoms with Crippen LogP contribution in [0.4, 0.5) is 10.8 Å². The Bertz CT molecular complexity index is 455. The van der Waals surface area contributed by atoms with Crippen LogP contribution in [0.25, 0.3) is 0 Å². The monoisotopic (exact) mass is 248 g/mol. The van der Waals surface area contributed by atoms with Crippen molar-refractivity contribution in [2.75, 3.05) is 18.0 Å². The van der Waals surface area contributed by atoms with E-state index in [0.29, 0.717) is 6.54 Å². The second kappa shape index (κ2) is 5.75. The highest BCUT2D eigenvalue weighted by atomic mass is 32.1. The van der Waals surface area contributed by atoms with Gasteiger partial charge in [-0.3, -0.25) is 0 Å². The third-order valence-corrected chi connectivity index (χ3v) is 3.26. The summed E-state index contributed by atoms with van der Waals surface area (Å²) in [5.41, 5.74) is 6.72. The van der Waals surface area contributed by atoms with Crippen molar-refractivity contribution in [2.45, 2.75) is 13.3 Å². The van der Waals surface area contributed by atoms with Gasteiger partial charge in [-0.05, 0) is 32.0 Å². The van der Waals surface area contributed by atoms with E-state index in [1.54, 1.807) is 11.3 Å². The maximum atomic E-state index is 5.58. The summed E-state index contributed by atoms with van der Waals surface area (Å²) in [6.45, 7) is 3.52. The number of anilines is 2. The average Bonchev–Trinajstić information content (AvgIpc) is 2.78. The van der Waals surface area contributed by atoms with Gasteiger partial charge in [0.2, 0.25) is 5.13 Å². The van der Waals surface area contributed by atoms with Gasteiger partial charge in [0, 0.05) is 12.2 Å². The summed E-state index contributed by atoms with van der Waals surface area (Å²) in [7, 11) is 0. The maximum Gasteiger partial charge on any atom is 0.212 e. The van der Waals surface area contributed by atoms with Gasteiger partial charge in [0.25, 0.3) is 0 Å². The van der Waals surface area contributed by atoms with E-state index in [9.17, 15) is 0 Å². The second-order valence-corrected chi connectivity index (χ2v) is 4.89. The van der Waals surface area contributed by atoms with Crippen molar-refractivity contribution in [3.05, 3.63) is 35.3 Å². The molecule has 2 aromatic rings. The predicted octanol–water partition coefficient (Wildman–Crippen LogP) is 2.33. The van der Waals surface area contributed by atoms with Crippen LogP contribution in [0, 0.1) is 6.92 Å². The molecule has 0 unspecified atom stereocenters. The molecule has 0 saturated carbocycles. The lowest BCUT2D eigenvalue weighted by Crippen LogP contribution is -2.20. The molecule has 0 atom stereocenters. The molecule has 4 nitrogen and oxygen atoms in total. The molecule has 2 rings (SSSR count). The van der Waals surface area contributed by atoms with Crippen molar-refractivity contribution in [1.29, 1.82) is 0 Å². The summed E-state index contributed by atoms with van der Waals surface area (Å²) in [4.78, 5) is 2.16. The Morgan fingerprint density at radius 3 is 2.59 bits per heavy atom. The Kier molecular flexibility index (Phi) is 4.06. The summed E-state index contributed by atoms with van der Waals surface area (Å²) >= 11 is 1.60. The molecular formula is C12H16N4S. The van der Waals surface area contributed by atoms with Crippen molar-refractivity contribution >= 4 is 22.2 Å². The summed E-state index contributed by atoms with van der Waals surface area (Å²) in [5.74, 6) is 0. The van der Waals surface area contributed by atoms with Gasteiger partial charge in [-0.1, -0.05) is 29.5 Å². The van der Waals surface area contributed by atoms with Crippen LogP contribution < -0.4 is 10.6 Å². The van der Waals surface area contributed by atoms with E-state index in [1.807, 2.05) is 25.1 Å². The van der Waals surface area contributed by atoms with Crippen molar-refractivity contribution in [2.24, 2.45) is 5.73 Å². The minimum absolute atomic E-state index is 0.682. The fraction of sp³-hybridized carbons (Fsp3) is 0.333. The largest absolute Gasteiger partial charge is 0.330 e. The Morgan fingerprint density at radius 1 is 1.24 bits per heavy atom. The summed E-state index contributed by atoms with van der Waals surface area (Å²) in [6.07, 6.45) is 0.938. The van der Waals surface area contributed by atoms with Crippen LogP contribution in [0.3, 0.4) is 0 Å². The Labute approximate surface area is 105 Å². The van der Waals surface area contributed by atoms with Crippen LogP contribution >= 0.6 is 11.3 Å². The highest BCUT2D eigenvalue weighted by Crippen LogP contribution is 2.27. The van der Waals surface area contributed by atoms with Crippen molar-refractivity contribution < 1.29 is 0 Å². The van der Waals surface area contributed by atoms with Crippen LogP contribution in [-0.2, 0) is 0 Å². The zero-order valence-electron chi connectivity index (χ0n) is 9.84. The van der Waals surface area contributed by atoms with Gasteiger partial charge in [-0.25, -0.2) is 0 Å². The van der Waals surface area contributed by atoms with Crippen molar-refractivity contribution in [3.8, 4) is 0 Å². The molecule has 5 heteroatoms. The lowest BCUT2D eigenvalue weighted by molar-refractivity contribution is 0.810. The number of para-hydroxylation sites is 1. The van der Waals surface area contributed by atoms with E-state index in [4.69, 9.17) is 5.73 Å². The molecule has 0 aliphatic heterocycles. The Morgan fingerprint density at radius 2 is 2.00 bits per heavy atom. The third-order valence-electron chi connectivity index (χ3n) is 2.40. The fourth-order valence-corrected chi connectivity index (χ4v) is 2.32. The van der Waals surface area contributed by atoms with E-state index < -0.39 is 0 Å². The highest BCUT2D eigenvalue weighted by Gasteiger charge is 2.12. The molecule has 0 bridgehead atoms. The maximum absolute atomic E-state index is 5.58. The molecule has 1 aromatic heterocycles. The molecule has 0 aliphatic rings. The number of nitrogens with two attached hydrogens (primary N) is 1. The average molecular weight is 248 g/mol. The van der Waals surface area contributed by atoms with Crippen LogP contribution in [0.2, 0.25) is 0 Å². The number of hydrogen-bond donors (Lipinski definition) is 1. The lowest BCUT2D eigenvalue weighted by atomic mass is 10.3. The predicted molar refractivity (Wildman–Crippen MR) is 71.8 cm³/mol. The second-order valence-electron chi connectivity index (χ2n) is 3.73. The molecule has 0 spiro atoms. The normalized spacial score (nSPS) is 10.5. The molecule has 0 saturated heterocycles. The fourth-order valence-electron chi connectivity index (χ4n) is 1.59. The van der Waals surface area contributed by atoms with Gasteiger partial charge in [0.15, 0.2) is 0 Å². The highest BCUT2D eigenvalue weighted by molar-refractivity contribution is 7.15. The minimum Gasteiger partial charge on any atom is -0.330 e. The van der Waals surface area contributed by atoms with Crippen LogP contribution in [0.15, 0.2) is 30.3 Å². The third kappa shape index (κ3) is 3.01. The van der Waals surface area contributed by atoms with Gasteiger partial charge >= 0.3 is 0 Å². The molecule has 1 heterocycles. The van der Waals surface area contributed by atoms with Gasteiger partial charge in [-0.15, -0.1) is 10.2 Å². The van der Waals surface area contributed by atoms with Crippen LogP contribution in [0.1, 0.15) is 11.4 Å². The molecule has 0 radical (unpaired) electrons. The summed E-state index contributed by atoms with van der Waals surface area (Å²) in [5, 5.41) is 10.2. The first-order valence-corrected chi connectivity index (χ1v) is 6.45. The standard InChI is InChI=1S/C12H16N4S/c1-10-14-15-12(17-10)16(9-5-8-13)11-6-3-2-4-7-11/h2-4,6-7H,5,8-9,13H2,1H3. The molecule has 2 N–H and O–H groups in total. The van der Waals surface area contributed by atoms with Crippen LogP contribution in [0.5, 0.6) is 0 Å². The Hall–Kier alpha value is -1.46. The SMILES string of the molecule is Cc1nnc(N(CCCN)c2ccccc2)s1. The zero-order valence-corrected chi connectivity index (χ0v) is 10.7. The van der Waals surface area contributed by atoms with Gasteiger partial charge in [0.05, 0.1) is 0 Å². The first-order valence-electron chi connectivity index (χ1n) is 5.64. The van der Waals surface area contributed by atoms with E-state index in [0.717, 1.165) is 28.8 Å². The molecule has 0 aliphatic carbocycles. The molecule has 90 valence electrons. The van der Waals surface area contributed by atoms with Gasteiger partial charge < -0.3 is 10.6 Å². The minimum atomic E-state index is 0.682. The number of hydrogen-bond acceptors (Lipinski definition) is 5. The molecule has 17 heavy (non-hydrogen) atoms. The first-order chi connectivity index (χ1) is 8.31. The number of rotatable bonds is 5. The molecule has 0 fully saturated rings. The lowest BCUT2D eigenvalue weighted by Gasteiger charge is -2.20.